The number of nitrogens with one attached hydrogen (secondary N) is 1. The molecule has 1 aromatic heterocycles. The van der Waals surface area contributed by atoms with Crippen molar-refractivity contribution in [3.8, 4) is 0 Å². The highest BCUT2D eigenvalue weighted by molar-refractivity contribution is 6.32. The van der Waals surface area contributed by atoms with Gasteiger partial charge < -0.3 is 4.74 Å². The quantitative estimate of drug-likeness (QED) is 0.497. The molecule has 9 heteroatoms. The summed E-state index contributed by atoms with van der Waals surface area (Å²) in [4.78, 5) is 25.8. The van der Waals surface area contributed by atoms with Crippen LogP contribution in [0.25, 0.3) is 0 Å². The predicted octanol–water partition coefficient (Wildman–Crippen LogP) is 0.620. The zero-order valence-corrected chi connectivity index (χ0v) is 10.6. The Hall–Kier alpha value is -1.77. The SMILES string of the molecule is O=C(NN1CCOCC1)c1ccnc(Cl)c1[N+](=O)[O-]. The minimum atomic E-state index is -0.719. The second-order valence-electron chi connectivity index (χ2n) is 3.80. The number of halogens is 1. The zero-order chi connectivity index (χ0) is 13.8. The van der Waals surface area contributed by atoms with Gasteiger partial charge in [-0.25, -0.2) is 9.99 Å². The number of morpholine rings is 1. The molecule has 102 valence electrons. The van der Waals surface area contributed by atoms with Crippen LogP contribution in [0.15, 0.2) is 12.3 Å². The number of carbonyl (C=O) groups excluding carboxylic acids is 1. The molecule has 1 aliphatic rings. The molecular formula is C10H11ClN4O4. The van der Waals surface area contributed by atoms with Crippen LogP contribution >= 0.6 is 11.6 Å². The molecule has 1 amide bonds. The predicted molar refractivity (Wildman–Crippen MR) is 65.8 cm³/mol. The fraction of sp³-hybridized carbons (Fsp3) is 0.400. The molecule has 0 bridgehead atoms. The fourth-order valence-corrected chi connectivity index (χ4v) is 1.89. The average molecular weight is 287 g/mol. The number of rotatable bonds is 3. The summed E-state index contributed by atoms with van der Waals surface area (Å²) in [6.07, 6.45) is 1.25. The van der Waals surface area contributed by atoms with E-state index in [1.165, 1.54) is 12.3 Å². The van der Waals surface area contributed by atoms with Crippen molar-refractivity contribution in [3.63, 3.8) is 0 Å². The van der Waals surface area contributed by atoms with Gasteiger partial charge in [-0.05, 0) is 6.07 Å². The molecule has 8 nitrogen and oxygen atoms in total. The lowest BCUT2D eigenvalue weighted by Gasteiger charge is -2.26. The van der Waals surface area contributed by atoms with Crippen molar-refractivity contribution in [1.82, 2.24) is 15.4 Å². The van der Waals surface area contributed by atoms with Gasteiger partial charge in [0.05, 0.1) is 18.1 Å². The summed E-state index contributed by atoms with van der Waals surface area (Å²) in [7, 11) is 0. The number of pyridine rings is 1. The summed E-state index contributed by atoms with van der Waals surface area (Å²) < 4.78 is 5.14. The lowest BCUT2D eigenvalue weighted by molar-refractivity contribution is -0.385. The van der Waals surface area contributed by atoms with Crippen molar-refractivity contribution in [3.05, 3.63) is 33.1 Å². The third kappa shape index (κ3) is 3.16. The maximum atomic E-state index is 12.0. The summed E-state index contributed by atoms with van der Waals surface area (Å²) in [5.74, 6) is -0.585. The highest BCUT2D eigenvalue weighted by atomic mass is 35.5. The highest BCUT2D eigenvalue weighted by Gasteiger charge is 2.26. The number of amides is 1. The molecule has 0 aromatic carbocycles. The van der Waals surface area contributed by atoms with Gasteiger partial charge in [0, 0.05) is 19.3 Å². The normalized spacial score (nSPS) is 16.1. The van der Waals surface area contributed by atoms with E-state index in [-0.39, 0.29) is 10.7 Å². The lowest BCUT2D eigenvalue weighted by Crippen LogP contribution is -2.48. The van der Waals surface area contributed by atoms with Gasteiger partial charge in [-0.15, -0.1) is 0 Å². The first-order valence-electron chi connectivity index (χ1n) is 5.52. The third-order valence-electron chi connectivity index (χ3n) is 2.58. The first kappa shape index (κ1) is 13.7. The third-order valence-corrected chi connectivity index (χ3v) is 2.85. The van der Waals surface area contributed by atoms with E-state index in [1.807, 2.05) is 0 Å². The zero-order valence-electron chi connectivity index (χ0n) is 9.84. The van der Waals surface area contributed by atoms with Crippen molar-refractivity contribution in [2.75, 3.05) is 26.3 Å². The van der Waals surface area contributed by atoms with Crippen molar-refractivity contribution in [2.24, 2.45) is 0 Å². The summed E-state index contributed by atoms with van der Waals surface area (Å²) in [5.41, 5.74) is 1.98. The highest BCUT2D eigenvalue weighted by Crippen LogP contribution is 2.25. The van der Waals surface area contributed by atoms with E-state index >= 15 is 0 Å². The van der Waals surface area contributed by atoms with Crippen LogP contribution < -0.4 is 5.43 Å². The summed E-state index contributed by atoms with van der Waals surface area (Å²) >= 11 is 5.64. The minimum absolute atomic E-state index is 0.114. The Labute approximate surface area is 113 Å². The van der Waals surface area contributed by atoms with E-state index in [1.54, 1.807) is 5.01 Å². The van der Waals surface area contributed by atoms with Gasteiger partial charge in [-0.1, -0.05) is 11.6 Å². The number of hydrazine groups is 1. The Morgan fingerprint density at radius 2 is 2.21 bits per heavy atom. The van der Waals surface area contributed by atoms with Gasteiger partial charge in [-0.3, -0.25) is 20.3 Å². The van der Waals surface area contributed by atoms with E-state index in [0.717, 1.165) is 0 Å². The Bertz CT molecular complexity index is 504. The molecule has 0 saturated carbocycles. The molecule has 2 rings (SSSR count). The molecule has 0 spiro atoms. The van der Waals surface area contributed by atoms with Crippen molar-refractivity contribution in [1.29, 1.82) is 0 Å². The van der Waals surface area contributed by atoms with Crippen LogP contribution in [0.2, 0.25) is 5.15 Å². The van der Waals surface area contributed by atoms with E-state index in [4.69, 9.17) is 16.3 Å². The van der Waals surface area contributed by atoms with Crippen LogP contribution in [-0.2, 0) is 4.74 Å². The molecule has 0 aliphatic carbocycles. The first-order chi connectivity index (χ1) is 9.09. The molecule has 0 unspecified atom stereocenters. The largest absolute Gasteiger partial charge is 0.379 e. The van der Waals surface area contributed by atoms with Gasteiger partial charge in [0.25, 0.3) is 5.91 Å². The average Bonchev–Trinajstić information content (AvgIpc) is 2.39. The van der Waals surface area contributed by atoms with Crippen LogP contribution in [0.3, 0.4) is 0 Å². The summed E-state index contributed by atoms with van der Waals surface area (Å²) in [5, 5.41) is 12.2. The van der Waals surface area contributed by atoms with Crippen molar-refractivity contribution < 1.29 is 14.5 Å². The van der Waals surface area contributed by atoms with E-state index in [2.05, 4.69) is 10.4 Å². The van der Waals surface area contributed by atoms with Crippen molar-refractivity contribution in [2.45, 2.75) is 0 Å². The molecule has 0 radical (unpaired) electrons. The van der Waals surface area contributed by atoms with E-state index in [9.17, 15) is 14.9 Å². The Kier molecular flexibility index (Phi) is 4.25. The van der Waals surface area contributed by atoms with Gasteiger partial charge in [0.1, 0.15) is 5.56 Å². The molecular weight excluding hydrogens is 276 g/mol. The van der Waals surface area contributed by atoms with E-state index < -0.39 is 16.5 Å². The Morgan fingerprint density at radius 3 is 2.84 bits per heavy atom. The van der Waals surface area contributed by atoms with E-state index in [0.29, 0.717) is 26.3 Å². The molecule has 1 saturated heterocycles. The number of aromatic nitrogens is 1. The van der Waals surface area contributed by atoms with Gasteiger partial charge in [0.2, 0.25) is 5.15 Å². The number of nitrogens with zero attached hydrogens (tertiary/aromatic N) is 3. The number of carbonyl (C=O) groups is 1. The van der Waals surface area contributed by atoms with Crippen LogP contribution in [0.1, 0.15) is 10.4 Å². The lowest BCUT2D eigenvalue weighted by atomic mass is 10.2. The topological polar surface area (TPSA) is 97.6 Å². The fourth-order valence-electron chi connectivity index (χ4n) is 1.66. The number of ether oxygens (including phenoxy) is 1. The number of hydrogen-bond acceptors (Lipinski definition) is 6. The second kappa shape index (κ2) is 5.91. The first-order valence-corrected chi connectivity index (χ1v) is 5.90. The van der Waals surface area contributed by atoms with Crippen LogP contribution in [-0.4, -0.2) is 47.1 Å². The maximum absolute atomic E-state index is 12.0. The van der Waals surface area contributed by atoms with Crippen LogP contribution in [0, 0.1) is 10.1 Å². The van der Waals surface area contributed by atoms with Gasteiger partial charge >= 0.3 is 5.69 Å². The molecule has 19 heavy (non-hydrogen) atoms. The summed E-state index contributed by atoms with van der Waals surface area (Å²) in [6, 6.07) is 1.26. The number of hydrogen-bond donors (Lipinski definition) is 1. The van der Waals surface area contributed by atoms with Crippen molar-refractivity contribution >= 4 is 23.2 Å². The Balaban J connectivity index is 2.18. The second-order valence-corrected chi connectivity index (χ2v) is 4.15. The molecule has 1 aromatic rings. The maximum Gasteiger partial charge on any atom is 0.319 e. The summed E-state index contributed by atoms with van der Waals surface area (Å²) in [6.45, 7) is 2.05. The monoisotopic (exact) mass is 286 g/mol. The minimum Gasteiger partial charge on any atom is -0.379 e. The smallest absolute Gasteiger partial charge is 0.319 e. The standard InChI is InChI=1S/C10H11ClN4O4/c11-9-8(15(17)18)7(1-2-12-9)10(16)13-14-3-5-19-6-4-14/h1-2H,3-6H2,(H,13,16). The van der Waals surface area contributed by atoms with Crippen LogP contribution in [0.4, 0.5) is 5.69 Å². The molecule has 1 fully saturated rings. The van der Waals surface area contributed by atoms with Crippen LogP contribution in [0.5, 0.6) is 0 Å². The molecule has 1 N–H and O–H groups in total. The van der Waals surface area contributed by atoms with Gasteiger partial charge in [0.15, 0.2) is 0 Å². The molecule has 2 heterocycles. The van der Waals surface area contributed by atoms with Gasteiger partial charge in [-0.2, -0.15) is 0 Å². The number of nitro groups is 1. The Morgan fingerprint density at radius 1 is 1.53 bits per heavy atom. The molecule has 0 atom stereocenters. The molecule has 1 aliphatic heterocycles.